The number of benzene rings is 3. The summed E-state index contributed by atoms with van der Waals surface area (Å²) in [6.07, 6.45) is 1.47. The van der Waals surface area contributed by atoms with E-state index in [4.69, 9.17) is 4.42 Å². The summed E-state index contributed by atoms with van der Waals surface area (Å²) in [6, 6.07) is 18.2. The predicted molar refractivity (Wildman–Crippen MR) is 132 cm³/mol. The molecule has 0 aliphatic rings. The van der Waals surface area contributed by atoms with Crippen LogP contribution in [0.2, 0.25) is 0 Å². The molecule has 2 amide bonds. The van der Waals surface area contributed by atoms with Crippen LogP contribution in [0.5, 0.6) is 0 Å². The van der Waals surface area contributed by atoms with Gasteiger partial charge in [0.05, 0.1) is 34.6 Å². The third-order valence-corrected chi connectivity index (χ3v) is 7.04. The number of nitrogens with zero attached hydrogens (tertiary/aromatic N) is 1. The summed E-state index contributed by atoms with van der Waals surface area (Å²) in [5, 5.41) is 5.25. The number of para-hydroxylation sites is 1. The second-order valence-electron chi connectivity index (χ2n) is 7.80. The van der Waals surface area contributed by atoms with E-state index in [1.54, 1.807) is 24.3 Å². The van der Waals surface area contributed by atoms with Crippen molar-refractivity contribution in [1.29, 1.82) is 0 Å². The summed E-state index contributed by atoms with van der Waals surface area (Å²) < 4.78 is 59.5. The minimum atomic E-state index is -4.34. The van der Waals surface area contributed by atoms with Crippen molar-refractivity contribution in [3.05, 3.63) is 114 Å². The summed E-state index contributed by atoms with van der Waals surface area (Å²) in [7, 11) is -4.34. The molecule has 4 aromatic rings. The van der Waals surface area contributed by atoms with Gasteiger partial charge in [-0.05, 0) is 72.8 Å². The molecule has 1 heterocycles. The lowest BCUT2D eigenvalue weighted by atomic mass is 10.1. The third kappa shape index (κ3) is 6.19. The van der Waals surface area contributed by atoms with Gasteiger partial charge in [0.2, 0.25) is 5.91 Å². The van der Waals surface area contributed by atoms with Crippen LogP contribution in [0.4, 0.5) is 20.2 Å². The Labute approximate surface area is 211 Å². The number of carbonyl (C=O) groups excluding carboxylic acids is 2. The second-order valence-corrected chi connectivity index (χ2v) is 9.66. The first-order valence-corrected chi connectivity index (χ1v) is 12.4. The largest absolute Gasteiger partial charge is 0.467 e. The van der Waals surface area contributed by atoms with Crippen LogP contribution in [-0.4, -0.2) is 26.8 Å². The van der Waals surface area contributed by atoms with Crippen molar-refractivity contribution in [1.82, 2.24) is 5.32 Å². The van der Waals surface area contributed by atoms with Gasteiger partial charge in [0, 0.05) is 0 Å². The van der Waals surface area contributed by atoms with Crippen LogP contribution in [0.15, 0.2) is 101 Å². The maximum absolute atomic E-state index is 13.5. The molecule has 11 heteroatoms. The van der Waals surface area contributed by atoms with E-state index in [0.29, 0.717) is 5.76 Å². The molecule has 3 aromatic carbocycles. The highest BCUT2D eigenvalue weighted by atomic mass is 32.2. The number of hydrogen-bond acceptors (Lipinski definition) is 5. The van der Waals surface area contributed by atoms with Crippen molar-refractivity contribution in [2.24, 2.45) is 0 Å². The van der Waals surface area contributed by atoms with Crippen LogP contribution in [0, 0.1) is 11.6 Å². The standard InChI is InChI=1S/C26H21F2N3O5S/c27-18-7-11-20(12-8-18)31(37(34,35)22-13-9-19(28)10-14-22)17-25(32)30-24-6-2-1-5-23(24)26(33)29-16-21-4-3-15-36-21/h1-15H,16-17H2,(H,29,33)(H,30,32). The fraction of sp³-hybridized carbons (Fsp3) is 0.0769. The average molecular weight is 526 g/mol. The lowest BCUT2D eigenvalue weighted by Crippen LogP contribution is -2.38. The Balaban J connectivity index is 1.57. The van der Waals surface area contributed by atoms with E-state index in [1.807, 2.05) is 0 Å². The number of amides is 2. The smallest absolute Gasteiger partial charge is 0.264 e. The predicted octanol–water partition coefficient (Wildman–Crippen LogP) is 4.32. The summed E-state index contributed by atoms with van der Waals surface area (Å²) in [4.78, 5) is 25.5. The summed E-state index contributed by atoms with van der Waals surface area (Å²) >= 11 is 0. The fourth-order valence-corrected chi connectivity index (χ4v) is 4.86. The topological polar surface area (TPSA) is 109 Å². The molecule has 0 bridgehead atoms. The van der Waals surface area contributed by atoms with Crippen LogP contribution in [0.3, 0.4) is 0 Å². The van der Waals surface area contributed by atoms with E-state index < -0.39 is 40.0 Å². The second kappa shape index (κ2) is 11.0. The zero-order valence-corrected chi connectivity index (χ0v) is 20.0. The molecule has 190 valence electrons. The van der Waals surface area contributed by atoms with Gasteiger partial charge in [0.25, 0.3) is 15.9 Å². The molecule has 0 spiro atoms. The maximum Gasteiger partial charge on any atom is 0.264 e. The van der Waals surface area contributed by atoms with Crippen molar-refractivity contribution in [3.63, 3.8) is 0 Å². The Morgan fingerprint density at radius 3 is 2.14 bits per heavy atom. The number of rotatable bonds is 9. The number of halogens is 2. The average Bonchev–Trinajstić information content (AvgIpc) is 3.41. The molecule has 0 aliphatic heterocycles. The first-order chi connectivity index (χ1) is 17.7. The Morgan fingerprint density at radius 2 is 1.49 bits per heavy atom. The first-order valence-electron chi connectivity index (χ1n) is 11.0. The van der Waals surface area contributed by atoms with Crippen LogP contribution in [-0.2, 0) is 21.4 Å². The Bertz CT molecular complexity index is 1490. The molecule has 8 nitrogen and oxygen atoms in total. The normalized spacial score (nSPS) is 11.1. The van der Waals surface area contributed by atoms with E-state index in [9.17, 15) is 26.8 Å². The zero-order chi connectivity index (χ0) is 26.4. The number of anilines is 2. The Hall–Kier alpha value is -4.51. The van der Waals surface area contributed by atoms with E-state index in [2.05, 4.69) is 10.6 Å². The van der Waals surface area contributed by atoms with Crippen LogP contribution in [0.1, 0.15) is 16.1 Å². The van der Waals surface area contributed by atoms with Crippen molar-refractivity contribution < 1.29 is 31.2 Å². The Kier molecular flexibility index (Phi) is 7.63. The molecule has 0 radical (unpaired) electrons. The molecule has 0 unspecified atom stereocenters. The van der Waals surface area contributed by atoms with E-state index in [-0.39, 0.29) is 28.4 Å². The van der Waals surface area contributed by atoms with Gasteiger partial charge >= 0.3 is 0 Å². The van der Waals surface area contributed by atoms with Crippen molar-refractivity contribution in [2.75, 3.05) is 16.2 Å². The highest BCUT2D eigenvalue weighted by Crippen LogP contribution is 2.25. The van der Waals surface area contributed by atoms with Crippen LogP contribution in [0.25, 0.3) is 0 Å². The van der Waals surface area contributed by atoms with Crippen molar-refractivity contribution in [3.8, 4) is 0 Å². The van der Waals surface area contributed by atoms with E-state index in [1.165, 1.54) is 30.5 Å². The highest BCUT2D eigenvalue weighted by molar-refractivity contribution is 7.92. The number of furan rings is 1. The molecule has 4 rings (SSSR count). The quantitative estimate of drug-likeness (QED) is 0.338. The highest BCUT2D eigenvalue weighted by Gasteiger charge is 2.28. The van der Waals surface area contributed by atoms with E-state index in [0.717, 1.165) is 40.7 Å². The molecule has 2 N–H and O–H groups in total. The first kappa shape index (κ1) is 25.6. The van der Waals surface area contributed by atoms with Gasteiger partial charge in [-0.15, -0.1) is 0 Å². The van der Waals surface area contributed by atoms with Crippen molar-refractivity contribution in [2.45, 2.75) is 11.4 Å². The molecule has 37 heavy (non-hydrogen) atoms. The summed E-state index contributed by atoms with van der Waals surface area (Å²) in [5.74, 6) is -1.94. The number of carbonyl (C=O) groups is 2. The molecule has 1 aromatic heterocycles. The maximum atomic E-state index is 13.5. The van der Waals surface area contributed by atoms with Crippen LogP contribution >= 0.6 is 0 Å². The monoisotopic (exact) mass is 525 g/mol. The zero-order valence-electron chi connectivity index (χ0n) is 19.2. The van der Waals surface area contributed by atoms with Gasteiger partial charge in [-0.25, -0.2) is 17.2 Å². The number of hydrogen-bond donors (Lipinski definition) is 2. The molecule has 0 saturated carbocycles. The lowest BCUT2D eigenvalue weighted by Gasteiger charge is -2.24. The molecule has 0 aliphatic carbocycles. The number of nitrogens with one attached hydrogen (secondary N) is 2. The van der Waals surface area contributed by atoms with Gasteiger partial charge in [-0.1, -0.05) is 12.1 Å². The Morgan fingerprint density at radius 1 is 0.838 bits per heavy atom. The van der Waals surface area contributed by atoms with Gasteiger partial charge in [-0.3, -0.25) is 13.9 Å². The third-order valence-electron chi connectivity index (χ3n) is 5.25. The van der Waals surface area contributed by atoms with Gasteiger partial charge in [-0.2, -0.15) is 0 Å². The van der Waals surface area contributed by atoms with Gasteiger partial charge in [0.1, 0.15) is 23.9 Å². The SMILES string of the molecule is O=C(CN(c1ccc(F)cc1)S(=O)(=O)c1ccc(F)cc1)Nc1ccccc1C(=O)NCc1ccco1. The van der Waals surface area contributed by atoms with Crippen molar-refractivity contribution >= 4 is 33.2 Å². The summed E-state index contributed by atoms with van der Waals surface area (Å²) in [6.45, 7) is -0.573. The van der Waals surface area contributed by atoms with Crippen LogP contribution < -0.4 is 14.9 Å². The van der Waals surface area contributed by atoms with Gasteiger partial charge < -0.3 is 15.1 Å². The molecular weight excluding hydrogens is 504 g/mol. The molecule has 0 saturated heterocycles. The molecular formula is C26H21F2N3O5S. The van der Waals surface area contributed by atoms with E-state index >= 15 is 0 Å². The lowest BCUT2D eigenvalue weighted by molar-refractivity contribution is -0.114. The minimum absolute atomic E-state index is 0.0188. The molecule has 0 atom stereocenters. The fourth-order valence-electron chi connectivity index (χ4n) is 3.44. The van der Waals surface area contributed by atoms with Gasteiger partial charge in [0.15, 0.2) is 0 Å². The molecule has 0 fully saturated rings. The minimum Gasteiger partial charge on any atom is -0.467 e. The summed E-state index contributed by atoms with van der Waals surface area (Å²) in [5.41, 5.74) is 0.324. The number of sulfonamides is 1.